The Hall–Kier alpha value is -0.0800. The van der Waals surface area contributed by atoms with Crippen molar-refractivity contribution >= 4 is 0 Å². The maximum atomic E-state index is 8.93. The number of hydrogen-bond donors (Lipinski definition) is 2. The third kappa shape index (κ3) is 3.85. The Kier molecular flexibility index (Phi) is 4.65. The minimum absolute atomic E-state index is 0.562. The maximum Gasteiger partial charge on any atom is 0.162 e. The van der Waals surface area contributed by atoms with E-state index in [0.717, 1.165) is 19.3 Å². The van der Waals surface area contributed by atoms with Crippen LogP contribution in [0.25, 0.3) is 0 Å². The van der Waals surface area contributed by atoms with Crippen molar-refractivity contribution in [3.05, 3.63) is 0 Å². The van der Waals surface area contributed by atoms with Gasteiger partial charge in [-0.1, -0.05) is 20.3 Å². The molecule has 0 amide bonds. The summed E-state index contributed by atoms with van der Waals surface area (Å²) >= 11 is 0. The quantitative estimate of drug-likeness (QED) is 0.510. The Morgan fingerprint density at radius 1 is 0.900 bits per heavy atom. The third-order valence-corrected chi connectivity index (χ3v) is 1.65. The number of hydrogen-bond acceptors (Lipinski definition) is 2. The molecule has 1 rings (SSSR count). The van der Waals surface area contributed by atoms with Crippen LogP contribution in [0.2, 0.25) is 0 Å². The van der Waals surface area contributed by atoms with Crippen LogP contribution in [-0.2, 0) is 0 Å². The van der Waals surface area contributed by atoms with Crippen molar-refractivity contribution in [3.8, 4) is 0 Å². The molecule has 0 atom stereocenters. The Balaban J connectivity index is 0.000000371. The lowest BCUT2D eigenvalue weighted by atomic mass is 9.95. The second kappa shape index (κ2) is 4.69. The van der Waals surface area contributed by atoms with E-state index in [1.54, 1.807) is 0 Å². The van der Waals surface area contributed by atoms with Gasteiger partial charge in [0, 0.05) is 12.8 Å². The van der Waals surface area contributed by atoms with Gasteiger partial charge < -0.3 is 10.2 Å². The molecular weight excluding hydrogens is 128 g/mol. The minimum Gasteiger partial charge on any atom is -0.366 e. The average molecular weight is 146 g/mol. The second-order valence-corrected chi connectivity index (χ2v) is 2.54. The summed E-state index contributed by atoms with van der Waals surface area (Å²) in [6.07, 6.45) is 4.21. The molecule has 0 radical (unpaired) electrons. The zero-order chi connectivity index (χ0) is 8.04. The Morgan fingerprint density at radius 3 is 1.50 bits per heavy atom. The van der Waals surface area contributed by atoms with Crippen LogP contribution in [0.15, 0.2) is 0 Å². The summed E-state index contributed by atoms with van der Waals surface area (Å²) in [6, 6.07) is 0. The van der Waals surface area contributed by atoms with E-state index in [1.165, 1.54) is 0 Å². The fraction of sp³-hybridized carbons (Fsp3) is 1.00. The Bertz CT molecular complexity index is 71.3. The molecule has 0 aromatic rings. The lowest BCUT2D eigenvalue weighted by Crippen LogP contribution is -2.30. The normalized spacial score (nSPS) is 22.8. The largest absolute Gasteiger partial charge is 0.366 e. The van der Waals surface area contributed by atoms with Crippen molar-refractivity contribution in [2.75, 3.05) is 0 Å². The summed E-state index contributed by atoms with van der Waals surface area (Å²) in [5.41, 5.74) is 0. The fourth-order valence-corrected chi connectivity index (χ4v) is 1.12. The van der Waals surface area contributed by atoms with Gasteiger partial charge in [-0.2, -0.15) is 0 Å². The highest BCUT2D eigenvalue weighted by atomic mass is 16.5. The minimum atomic E-state index is -1.32. The molecule has 0 aliphatic heterocycles. The van der Waals surface area contributed by atoms with E-state index in [1.807, 2.05) is 13.8 Å². The molecule has 1 aliphatic rings. The molecule has 1 fully saturated rings. The van der Waals surface area contributed by atoms with Crippen molar-refractivity contribution < 1.29 is 10.2 Å². The molecule has 2 nitrogen and oxygen atoms in total. The van der Waals surface area contributed by atoms with Gasteiger partial charge in [0.1, 0.15) is 0 Å². The van der Waals surface area contributed by atoms with Gasteiger partial charge in [-0.05, 0) is 12.8 Å². The third-order valence-electron chi connectivity index (χ3n) is 1.65. The lowest BCUT2D eigenvalue weighted by molar-refractivity contribution is -0.180. The summed E-state index contributed by atoms with van der Waals surface area (Å²) in [5, 5.41) is 17.9. The molecule has 62 valence electrons. The zero-order valence-electron chi connectivity index (χ0n) is 6.93. The molecule has 0 heterocycles. The molecule has 0 saturated heterocycles. The van der Waals surface area contributed by atoms with E-state index >= 15 is 0 Å². The van der Waals surface area contributed by atoms with Crippen molar-refractivity contribution in [1.82, 2.24) is 0 Å². The van der Waals surface area contributed by atoms with Crippen molar-refractivity contribution in [2.45, 2.75) is 51.7 Å². The highest BCUT2D eigenvalue weighted by molar-refractivity contribution is 4.69. The monoisotopic (exact) mass is 146 g/mol. The van der Waals surface area contributed by atoms with Gasteiger partial charge >= 0.3 is 0 Å². The topological polar surface area (TPSA) is 40.5 Å². The molecule has 1 aliphatic carbocycles. The van der Waals surface area contributed by atoms with Crippen molar-refractivity contribution in [2.24, 2.45) is 0 Å². The first-order valence-corrected chi connectivity index (χ1v) is 4.15. The second-order valence-electron chi connectivity index (χ2n) is 2.54. The van der Waals surface area contributed by atoms with E-state index in [0.29, 0.717) is 12.8 Å². The van der Waals surface area contributed by atoms with Crippen molar-refractivity contribution in [3.63, 3.8) is 0 Å². The highest BCUT2D eigenvalue weighted by Crippen LogP contribution is 2.24. The van der Waals surface area contributed by atoms with Crippen LogP contribution in [0, 0.1) is 0 Å². The van der Waals surface area contributed by atoms with Gasteiger partial charge in [-0.3, -0.25) is 0 Å². The summed E-state index contributed by atoms with van der Waals surface area (Å²) < 4.78 is 0. The van der Waals surface area contributed by atoms with Crippen LogP contribution >= 0.6 is 0 Å². The van der Waals surface area contributed by atoms with Gasteiger partial charge in [-0.15, -0.1) is 0 Å². The predicted octanol–water partition coefficient (Wildman–Crippen LogP) is 1.66. The van der Waals surface area contributed by atoms with Crippen molar-refractivity contribution in [1.29, 1.82) is 0 Å². The van der Waals surface area contributed by atoms with Gasteiger partial charge in [0.2, 0.25) is 0 Å². The van der Waals surface area contributed by atoms with Gasteiger partial charge in [0.05, 0.1) is 0 Å². The fourth-order valence-electron chi connectivity index (χ4n) is 1.12. The molecule has 0 unspecified atom stereocenters. The molecule has 1 saturated carbocycles. The predicted molar refractivity (Wildman–Crippen MR) is 41.6 cm³/mol. The first-order valence-electron chi connectivity index (χ1n) is 4.15. The maximum absolute atomic E-state index is 8.93. The lowest BCUT2D eigenvalue weighted by Gasteiger charge is -2.25. The molecular formula is C8H18O2. The summed E-state index contributed by atoms with van der Waals surface area (Å²) in [6.45, 7) is 4.00. The standard InChI is InChI=1S/C6H12O2.C2H6/c7-6(8)4-2-1-3-5-6;1-2/h7-8H,1-5H2;1-2H3. The van der Waals surface area contributed by atoms with Crippen LogP contribution in [0.3, 0.4) is 0 Å². The molecule has 0 aromatic heterocycles. The van der Waals surface area contributed by atoms with E-state index in [-0.39, 0.29) is 0 Å². The number of rotatable bonds is 0. The molecule has 2 heteroatoms. The van der Waals surface area contributed by atoms with Crippen LogP contribution in [0.4, 0.5) is 0 Å². The van der Waals surface area contributed by atoms with E-state index in [9.17, 15) is 0 Å². The van der Waals surface area contributed by atoms with Crippen LogP contribution in [0.1, 0.15) is 46.0 Å². The van der Waals surface area contributed by atoms with Gasteiger partial charge in [0.15, 0.2) is 5.79 Å². The Morgan fingerprint density at radius 2 is 1.30 bits per heavy atom. The molecule has 0 aromatic carbocycles. The molecule has 0 spiro atoms. The van der Waals surface area contributed by atoms with Crippen LogP contribution in [-0.4, -0.2) is 16.0 Å². The van der Waals surface area contributed by atoms with Crippen LogP contribution in [0.5, 0.6) is 0 Å². The molecule has 0 bridgehead atoms. The summed E-state index contributed by atoms with van der Waals surface area (Å²) in [4.78, 5) is 0. The number of aliphatic hydroxyl groups is 2. The average Bonchev–Trinajstić information content (AvgIpc) is 1.92. The Labute approximate surface area is 62.9 Å². The molecule has 2 N–H and O–H groups in total. The van der Waals surface area contributed by atoms with Crippen LogP contribution < -0.4 is 0 Å². The summed E-state index contributed by atoms with van der Waals surface area (Å²) in [5.74, 6) is -1.32. The molecule has 10 heavy (non-hydrogen) atoms. The smallest absolute Gasteiger partial charge is 0.162 e. The highest BCUT2D eigenvalue weighted by Gasteiger charge is 2.24. The van der Waals surface area contributed by atoms with E-state index < -0.39 is 5.79 Å². The first-order chi connectivity index (χ1) is 4.71. The van der Waals surface area contributed by atoms with E-state index in [4.69, 9.17) is 10.2 Å². The first kappa shape index (κ1) is 9.92. The van der Waals surface area contributed by atoms with Gasteiger partial charge in [0.25, 0.3) is 0 Å². The SMILES string of the molecule is CC.OC1(O)CCCCC1. The zero-order valence-corrected chi connectivity index (χ0v) is 6.93. The summed E-state index contributed by atoms with van der Waals surface area (Å²) in [7, 11) is 0. The van der Waals surface area contributed by atoms with Gasteiger partial charge in [-0.25, -0.2) is 0 Å². The van der Waals surface area contributed by atoms with E-state index in [2.05, 4.69) is 0 Å².